The Morgan fingerprint density at radius 1 is 1.38 bits per heavy atom. The molecule has 1 atom stereocenters. The lowest BCUT2D eigenvalue weighted by Gasteiger charge is -2.27. The number of aryl methyl sites for hydroxylation is 1. The molecule has 0 radical (unpaired) electrons. The molecule has 2 rings (SSSR count). The van der Waals surface area contributed by atoms with Gasteiger partial charge in [-0.15, -0.1) is 0 Å². The number of benzene rings is 1. The van der Waals surface area contributed by atoms with E-state index in [4.69, 9.17) is 5.73 Å². The molecule has 0 saturated carbocycles. The van der Waals surface area contributed by atoms with Crippen molar-refractivity contribution in [2.45, 2.75) is 32.2 Å². The molecule has 1 aliphatic heterocycles. The van der Waals surface area contributed by atoms with E-state index in [1.807, 2.05) is 31.2 Å². The van der Waals surface area contributed by atoms with Gasteiger partial charge in [0.1, 0.15) is 0 Å². The third kappa shape index (κ3) is 3.97. The molecule has 116 valence electrons. The molecule has 6 heteroatoms. The molecule has 1 amide bonds. The highest BCUT2D eigenvalue weighted by atomic mass is 32.2. The molecule has 1 aliphatic rings. The van der Waals surface area contributed by atoms with Crippen LogP contribution in [0.2, 0.25) is 0 Å². The number of nitrogen functional groups attached to an aromatic ring is 1. The van der Waals surface area contributed by atoms with E-state index in [2.05, 4.69) is 0 Å². The zero-order valence-corrected chi connectivity index (χ0v) is 13.1. The summed E-state index contributed by atoms with van der Waals surface area (Å²) in [5.74, 6) is 0.287. The fraction of sp³-hybridized carbons (Fsp3) is 0.533. The summed E-state index contributed by atoms with van der Waals surface area (Å²) in [6.07, 6.45) is 1.50. The second-order valence-electron chi connectivity index (χ2n) is 5.44. The van der Waals surface area contributed by atoms with Crippen molar-refractivity contribution in [2.24, 2.45) is 0 Å². The van der Waals surface area contributed by atoms with Gasteiger partial charge in [-0.3, -0.25) is 4.79 Å². The van der Waals surface area contributed by atoms with Crippen LogP contribution >= 0.6 is 0 Å². The van der Waals surface area contributed by atoms with Gasteiger partial charge in [0, 0.05) is 24.7 Å². The minimum atomic E-state index is -2.97. The zero-order valence-electron chi connectivity index (χ0n) is 12.3. The topological polar surface area (TPSA) is 80.5 Å². The van der Waals surface area contributed by atoms with Crippen molar-refractivity contribution < 1.29 is 13.2 Å². The number of carbonyl (C=O) groups is 1. The predicted octanol–water partition coefficient (Wildman–Crippen LogP) is 1.24. The van der Waals surface area contributed by atoms with Crippen LogP contribution in [0.1, 0.15) is 25.3 Å². The van der Waals surface area contributed by atoms with Gasteiger partial charge in [0.05, 0.1) is 11.5 Å². The average Bonchev–Trinajstić information content (AvgIpc) is 2.79. The molecule has 2 N–H and O–H groups in total. The molecule has 1 aromatic carbocycles. The number of para-hydroxylation sites is 1. The second kappa shape index (κ2) is 6.47. The van der Waals surface area contributed by atoms with E-state index >= 15 is 0 Å². The molecule has 1 heterocycles. The number of hydrogen-bond donors (Lipinski definition) is 1. The summed E-state index contributed by atoms with van der Waals surface area (Å²) in [5.41, 5.74) is 7.52. The van der Waals surface area contributed by atoms with Crippen molar-refractivity contribution in [1.82, 2.24) is 4.90 Å². The Hall–Kier alpha value is -1.56. The first-order valence-corrected chi connectivity index (χ1v) is 9.08. The van der Waals surface area contributed by atoms with Crippen molar-refractivity contribution in [3.05, 3.63) is 29.8 Å². The molecule has 0 aliphatic carbocycles. The van der Waals surface area contributed by atoms with Gasteiger partial charge in [-0.05, 0) is 31.4 Å². The van der Waals surface area contributed by atoms with Crippen LogP contribution in [0.15, 0.2) is 24.3 Å². The molecule has 1 saturated heterocycles. The van der Waals surface area contributed by atoms with Gasteiger partial charge in [-0.25, -0.2) is 8.42 Å². The lowest BCUT2D eigenvalue weighted by Crippen LogP contribution is -2.41. The Morgan fingerprint density at radius 3 is 2.67 bits per heavy atom. The largest absolute Gasteiger partial charge is 0.399 e. The van der Waals surface area contributed by atoms with Crippen molar-refractivity contribution in [3.8, 4) is 0 Å². The SMILES string of the molecule is CCN(C(=O)CCc1ccccc1N)C1CCS(=O)(=O)C1. The number of carbonyl (C=O) groups excluding carboxylic acids is 1. The summed E-state index contributed by atoms with van der Waals surface area (Å²) < 4.78 is 23.1. The van der Waals surface area contributed by atoms with Crippen LogP contribution in [0.25, 0.3) is 0 Å². The van der Waals surface area contributed by atoms with Gasteiger partial charge >= 0.3 is 0 Å². The summed E-state index contributed by atoms with van der Waals surface area (Å²) in [4.78, 5) is 14.0. The van der Waals surface area contributed by atoms with E-state index < -0.39 is 9.84 Å². The third-order valence-corrected chi connectivity index (χ3v) is 5.72. The van der Waals surface area contributed by atoms with Crippen LogP contribution < -0.4 is 5.73 Å². The van der Waals surface area contributed by atoms with E-state index in [0.29, 0.717) is 31.5 Å². The highest BCUT2D eigenvalue weighted by Gasteiger charge is 2.33. The van der Waals surface area contributed by atoms with Gasteiger partial charge in [0.25, 0.3) is 0 Å². The van der Waals surface area contributed by atoms with Gasteiger partial charge < -0.3 is 10.6 Å². The Labute approximate surface area is 126 Å². The van der Waals surface area contributed by atoms with E-state index in [9.17, 15) is 13.2 Å². The van der Waals surface area contributed by atoms with Crippen LogP contribution in [0, 0.1) is 0 Å². The number of sulfone groups is 1. The summed E-state index contributed by atoms with van der Waals surface area (Å²) in [5, 5.41) is 0. The third-order valence-electron chi connectivity index (χ3n) is 3.97. The van der Waals surface area contributed by atoms with Crippen LogP contribution in [-0.4, -0.2) is 43.3 Å². The lowest BCUT2D eigenvalue weighted by molar-refractivity contribution is -0.132. The van der Waals surface area contributed by atoms with Crippen molar-refractivity contribution >= 4 is 21.4 Å². The van der Waals surface area contributed by atoms with Crippen molar-refractivity contribution in [1.29, 1.82) is 0 Å². The lowest BCUT2D eigenvalue weighted by atomic mass is 10.1. The smallest absolute Gasteiger partial charge is 0.223 e. The Balaban J connectivity index is 1.97. The van der Waals surface area contributed by atoms with Crippen LogP contribution in [0.4, 0.5) is 5.69 Å². The highest BCUT2D eigenvalue weighted by Crippen LogP contribution is 2.20. The summed E-state index contributed by atoms with van der Waals surface area (Å²) in [7, 11) is -2.97. The number of nitrogens with two attached hydrogens (primary N) is 1. The summed E-state index contributed by atoms with van der Waals surface area (Å²) >= 11 is 0. The Kier molecular flexibility index (Phi) is 4.88. The number of anilines is 1. The first-order valence-electron chi connectivity index (χ1n) is 7.26. The summed E-state index contributed by atoms with van der Waals surface area (Å²) in [6, 6.07) is 7.33. The molecule has 0 bridgehead atoms. The molecule has 0 aromatic heterocycles. The van der Waals surface area contributed by atoms with E-state index in [0.717, 1.165) is 5.56 Å². The van der Waals surface area contributed by atoms with Gasteiger partial charge in [-0.2, -0.15) is 0 Å². The fourth-order valence-corrected chi connectivity index (χ4v) is 4.54. The molecule has 1 aromatic rings. The molecular weight excluding hydrogens is 288 g/mol. The minimum absolute atomic E-state index is 0.00264. The van der Waals surface area contributed by atoms with Gasteiger partial charge in [0.15, 0.2) is 9.84 Å². The van der Waals surface area contributed by atoms with Crippen LogP contribution in [-0.2, 0) is 21.1 Å². The Morgan fingerprint density at radius 2 is 2.10 bits per heavy atom. The second-order valence-corrected chi connectivity index (χ2v) is 7.66. The monoisotopic (exact) mass is 310 g/mol. The van der Waals surface area contributed by atoms with Gasteiger partial charge in [0.2, 0.25) is 5.91 Å². The molecule has 21 heavy (non-hydrogen) atoms. The minimum Gasteiger partial charge on any atom is -0.399 e. The Bertz CT molecular complexity index is 613. The zero-order chi connectivity index (χ0) is 15.5. The summed E-state index contributed by atoms with van der Waals surface area (Å²) in [6.45, 7) is 2.43. The number of hydrogen-bond acceptors (Lipinski definition) is 4. The number of amides is 1. The van der Waals surface area contributed by atoms with Crippen LogP contribution in [0.3, 0.4) is 0 Å². The van der Waals surface area contributed by atoms with Gasteiger partial charge in [-0.1, -0.05) is 18.2 Å². The first-order chi connectivity index (χ1) is 9.93. The quantitative estimate of drug-likeness (QED) is 0.830. The normalized spacial score (nSPS) is 20.3. The molecular formula is C15H22N2O3S. The first kappa shape index (κ1) is 15.8. The molecule has 5 nitrogen and oxygen atoms in total. The van der Waals surface area contributed by atoms with Crippen LogP contribution in [0.5, 0.6) is 0 Å². The maximum absolute atomic E-state index is 12.3. The standard InChI is InChI=1S/C15H22N2O3S/c1-2-17(13-9-10-21(19,20)11-13)15(18)8-7-12-5-3-4-6-14(12)16/h3-6,13H,2,7-11,16H2,1H3. The highest BCUT2D eigenvalue weighted by molar-refractivity contribution is 7.91. The molecule has 1 unspecified atom stereocenters. The number of rotatable bonds is 5. The molecule has 0 spiro atoms. The fourth-order valence-electron chi connectivity index (χ4n) is 2.81. The maximum atomic E-state index is 12.3. The number of nitrogens with zero attached hydrogens (tertiary/aromatic N) is 1. The van der Waals surface area contributed by atoms with Crippen molar-refractivity contribution in [2.75, 3.05) is 23.8 Å². The molecule has 1 fully saturated rings. The van der Waals surface area contributed by atoms with E-state index in [1.165, 1.54) is 0 Å². The predicted molar refractivity (Wildman–Crippen MR) is 83.6 cm³/mol. The average molecular weight is 310 g/mol. The van der Waals surface area contributed by atoms with E-state index in [-0.39, 0.29) is 23.5 Å². The van der Waals surface area contributed by atoms with E-state index in [1.54, 1.807) is 4.90 Å². The maximum Gasteiger partial charge on any atom is 0.223 e. The van der Waals surface area contributed by atoms with Crippen molar-refractivity contribution in [3.63, 3.8) is 0 Å².